The first-order chi connectivity index (χ1) is 18.8. The molecule has 0 unspecified atom stereocenters. The van der Waals surface area contributed by atoms with Gasteiger partial charge in [0.15, 0.2) is 5.11 Å². The van der Waals surface area contributed by atoms with Gasteiger partial charge in [-0.05, 0) is 73.1 Å². The Balaban J connectivity index is 1.30. The van der Waals surface area contributed by atoms with E-state index in [1.807, 2.05) is 48.2 Å². The van der Waals surface area contributed by atoms with Gasteiger partial charge >= 0.3 is 0 Å². The standard InChI is InChI=1S/C27H27N7O4S/c1-3-18-4-7-20(8-5-18)33-30-22-14-17(2)21(16-23(22)31-33)28-27(39)29-26(35)19-6-9-24(25(15-19)34(36)37)32-10-12-38-13-11-32/h4-9,14-16H,3,10-13H2,1-2H3,(H2,28,29,35,39). The highest BCUT2D eigenvalue weighted by atomic mass is 32.1. The number of amides is 1. The number of anilines is 2. The molecule has 0 aliphatic carbocycles. The smallest absolute Gasteiger partial charge is 0.293 e. The first kappa shape index (κ1) is 26.2. The van der Waals surface area contributed by atoms with Crippen LogP contribution in [0.4, 0.5) is 17.1 Å². The van der Waals surface area contributed by atoms with Crippen LogP contribution in [0.3, 0.4) is 0 Å². The predicted molar refractivity (Wildman–Crippen MR) is 153 cm³/mol. The summed E-state index contributed by atoms with van der Waals surface area (Å²) in [6.45, 7) is 6.08. The van der Waals surface area contributed by atoms with Crippen LogP contribution in [0.2, 0.25) is 0 Å². The number of nitro groups is 1. The third kappa shape index (κ3) is 5.71. The maximum absolute atomic E-state index is 12.9. The predicted octanol–water partition coefficient (Wildman–Crippen LogP) is 4.16. The van der Waals surface area contributed by atoms with Crippen molar-refractivity contribution in [1.82, 2.24) is 20.3 Å². The summed E-state index contributed by atoms with van der Waals surface area (Å²) in [6, 6.07) is 16.2. The average molecular weight is 546 g/mol. The van der Waals surface area contributed by atoms with Crippen LogP contribution < -0.4 is 15.5 Å². The minimum Gasteiger partial charge on any atom is -0.378 e. The summed E-state index contributed by atoms with van der Waals surface area (Å²) < 4.78 is 5.33. The van der Waals surface area contributed by atoms with Gasteiger partial charge in [-0.2, -0.15) is 4.80 Å². The van der Waals surface area contributed by atoms with Crippen molar-refractivity contribution in [1.29, 1.82) is 0 Å². The van der Waals surface area contributed by atoms with Gasteiger partial charge in [0, 0.05) is 30.4 Å². The van der Waals surface area contributed by atoms with Gasteiger partial charge in [0.05, 0.1) is 23.8 Å². The van der Waals surface area contributed by atoms with E-state index in [0.29, 0.717) is 43.2 Å². The fraction of sp³-hybridized carbons (Fsp3) is 0.259. The van der Waals surface area contributed by atoms with Crippen LogP contribution in [0.1, 0.15) is 28.4 Å². The number of morpholine rings is 1. The molecular weight excluding hydrogens is 518 g/mol. The number of carbonyl (C=O) groups excluding carboxylic acids is 1. The molecule has 1 saturated heterocycles. The number of nitrogens with one attached hydrogen (secondary N) is 2. The number of fused-ring (bicyclic) bond motifs is 1. The fourth-order valence-corrected chi connectivity index (χ4v) is 4.60. The van der Waals surface area contributed by atoms with E-state index in [1.165, 1.54) is 11.6 Å². The number of carbonyl (C=O) groups is 1. The van der Waals surface area contributed by atoms with Crippen LogP contribution >= 0.6 is 12.2 Å². The first-order valence-electron chi connectivity index (χ1n) is 12.5. The molecule has 11 nitrogen and oxygen atoms in total. The average Bonchev–Trinajstić information content (AvgIpc) is 3.36. The molecule has 3 aromatic carbocycles. The molecule has 1 aromatic heterocycles. The molecule has 0 spiro atoms. The summed E-state index contributed by atoms with van der Waals surface area (Å²) >= 11 is 5.37. The minimum absolute atomic E-state index is 0.0601. The highest BCUT2D eigenvalue weighted by molar-refractivity contribution is 7.80. The topological polar surface area (TPSA) is 127 Å². The number of thiocarbonyl (C=S) groups is 1. The number of hydrogen-bond acceptors (Lipinski definition) is 8. The van der Waals surface area contributed by atoms with Crippen molar-refractivity contribution < 1.29 is 14.5 Å². The van der Waals surface area contributed by atoms with E-state index in [1.54, 1.807) is 16.9 Å². The van der Waals surface area contributed by atoms with E-state index in [9.17, 15) is 14.9 Å². The molecule has 2 N–H and O–H groups in total. The Morgan fingerprint density at radius 3 is 2.44 bits per heavy atom. The molecule has 12 heteroatoms. The summed E-state index contributed by atoms with van der Waals surface area (Å²) in [4.78, 5) is 27.6. The molecule has 5 rings (SSSR count). The minimum atomic E-state index is -0.552. The summed E-state index contributed by atoms with van der Waals surface area (Å²) in [5.41, 5.74) is 5.44. The second kappa shape index (κ2) is 11.1. The summed E-state index contributed by atoms with van der Waals surface area (Å²) in [5, 5.41) is 26.6. The molecular formula is C27H27N7O4S. The van der Waals surface area contributed by atoms with Crippen LogP contribution in [0.25, 0.3) is 16.7 Å². The third-order valence-corrected chi connectivity index (χ3v) is 6.77. The second-order valence-electron chi connectivity index (χ2n) is 9.13. The highest BCUT2D eigenvalue weighted by Gasteiger charge is 2.23. The van der Waals surface area contributed by atoms with E-state index in [0.717, 1.165) is 23.2 Å². The molecule has 4 aromatic rings. The second-order valence-corrected chi connectivity index (χ2v) is 9.54. The first-order valence-corrected chi connectivity index (χ1v) is 12.9. The molecule has 0 saturated carbocycles. The summed E-state index contributed by atoms with van der Waals surface area (Å²) in [5.74, 6) is -0.552. The number of nitro benzene ring substituents is 1. The van der Waals surface area contributed by atoms with E-state index < -0.39 is 10.8 Å². The molecule has 1 fully saturated rings. The van der Waals surface area contributed by atoms with Crippen LogP contribution in [-0.2, 0) is 11.2 Å². The van der Waals surface area contributed by atoms with Crippen molar-refractivity contribution >= 4 is 51.3 Å². The SMILES string of the molecule is CCc1ccc(-n2nc3cc(C)c(NC(=S)NC(=O)c4ccc(N5CCOCC5)c([N+](=O)[O-])c4)cc3n2)cc1. The maximum atomic E-state index is 12.9. The van der Waals surface area contributed by atoms with Gasteiger partial charge in [-0.25, -0.2) is 0 Å². The van der Waals surface area contributed by atoms with E-state index in [-0.39, 0.29) is 16.4 Å². The van der Waals surface area contributed by atoms with Crippen molar-refractivity contribution in [2.45, 2.75) is 20.3 Å². The van der Waals surface area contributed by atoms with Crippen LogP contribution in [-0.4, -0.2) is 57.2 Å². The van der Waals surface area contributed by atoms with Crippen molar-refractivity contribution in [2.24, 2.45) is 0 Å². The molecule has 0 bridgehead atoms. The molecule has 1 amide bonds. The molecule has 0 radical (unpaired) electrons. The number of aromatic nitrogens is 3. The van der Waals surface area contributed by atoms with Gasteiger partial charge in [0.2, 0.25) is 0 Å². The van der Waals surface area contributed by atoms with Crippen molar-refractivity contribution in [3.63, 3.8) is 0 Å². The van der Waals surface area contributed by atoms with Gasteiger partial charge in [-0.15, -0.1) is 10.2 Å². The lowest BCUT2D eigenvalue weighted by Gasteiger charge is -2.28. The maximum Gasteiger partial charge on any atom is 0.293 e. The fourth-order valence-electron chi connectivity index (χ4n) is 4.39. The lowest BCUT2D eigenvalue weighted by molar-refractivity contribution is -0.384. The number of hydrogen-bond donors (Lipinski definition) is 2. The van der Waals surface area contributed by atoms with Crippen molar-refractivity contribution in [3.8, 4) is 5.69 Å². The Morgan fingerprint density at radius 2 is 1.77 bits per heavy atom. The van der Waals surface area contributed by atoms with Crippen molar-refractivity contribution in [2.75, 3.05) is 36.5 Å². The highest BCUT2D eigenvalue weighted by Crippen LogP contribution is 2.30. The van der Waals surface area contributed by atoms with Crippen LogP contribution in [0.5, 0.6) is 0 Å². The third-order valence-electron chi connectivity index (χ3n) is 6.56. The van der Waals surface area contributed by atoms with Gasteiger partial charge in [0.1, 0.15) is 16.7 Å². The van der Waals surface area contributed by atoms with Gasteiger partial charge < -0.3 is 15.0 Å². The summed E-state index contributed by atoms with van der Waals surface area (Å²) in [7, 11) is 0. The molecule has 1 aliphatic heterocycles. The molecule has 0 atom stereocenters. The zero-order chi connectivity index (χ0) is 27.5. The number of rotatable bonds is 6. The molecule has 39 heavy (non-hydrogen) atoms. The Hall–Kier alpha value is -4.42. The monoisotopic (exact) mass is 545 g/mol. The van der Waals surface area contributed by atoms with E-state index >= 15 is 0 Å². The Bertz CT molecular complexity index is 1560. The van der Waals surface area contributed by atoms with Gasteiger partial charge in [0.25, 0.3) is 11.6 Å². The van der Waals surface area contributed by atoms with Crippen molar-refractivity contribution in [3.05, 3.63) is 81.4 Å². The van der Waals surface area contributed by atoms with Crippen LogP contribution in [0.15, 0.2) is 54.6 Å². The number of benzene rings is 3. The normalized spacial score (nSPS) is 13.3. The van der Waals surface area contributed by atoms with E-state index in [2.05, 4.69) is 27.8 Å². The lowest BCUT2D eigenvalue weighted by Crippen LogP contribution is -2.37. The summed E-state index contributed by atoms with van der Waals surface area (Å²) in [6.07, 6.45) is 0.954. The number of aryl methyl sites for hydroxylation is 2. The lowest BCUT2D eigenvalue weighted by atomic mass is 10.1. The zero-order valence-corrected chi connectivity index (χ0v) is 22.3. The van der Waals surface area contributed by atoms with E-state index in [4.69, 9.17) is 17.0 Å². The van der Waals surface area contributed by atoms with Crippen LogP contribution in [0, 0.1) is 17.0 Å². The zero-order valence-electron chi connectivity index (χ0n) is 21.5. The number of ether oxygens (including phenoxy) is 1. The quantitative estimate of drug-likeness (QED) is 0.208. The Morgan fingerprint density at radius 1 is 1.08 bits per heavy atom. The van der Waals surface area contributed by atoms with Gasteiger partial charge in [-0.1, -0.05) is 19.1 Å². The Kier molecular flexibility index (Phi) is 7.48. The molecule has 2 heterocycles. The Labute approximate surface area is 229 Å². The largest absolute Gasteiger partial charge is 0.378 e. The molecule has 200 valence electrons. The number of nitrogens with zero attached hydrogens (tertiary/aromatic N) is 5. The van der Waals surface area contributed by atoms with Gasteiger partial charge in [-0.3, -0.25) is 20.2 Å². The molecule has 1 aliphatic rings.